The molecule has 0 amide bonds. The second-order valence-electron chi connectivity index (χ2n) is 6.67. The first kappa shape index (κ1) is 19.9. The van der Waals surface area contributed by atoms with Crippen molar-refractivity contribution in [2.24, 2.45) is 0 Å². The van der Waals surface area contributed by atoms with Gasteiger partial charge in [-0.3, -0.25) is 4.79 Å². The zero-order chi connectivity index (χ0) is 15.9. The summed E-state index contributed by atoms with van der Waals surface area (Å²) in [7, 11) is 1.47. The van der Waals surface area contributed by atoms with Gasteiger partial charge in [-0.25, -0.2) is 0 Å². The van der Waals surface area contributed by atoms with E-state index in [2.05, 4.69) is 16.5 Å². The number of unbranched alkanes of at least 4 members (excludes halogenated alkanes) is 12. The Balaban J connectivity index is 1.63. The SMILES string of the molecule is COC(=O)CCCCCCCCCCCCCCCC1CS1. The van der Waals surface area contributed by atoms with Crippen LogP contribution in [0.25, 0.3) is 0 Å². The van der Waals surface area contributed by atoms with Crippen LogP contribution in [-0.4, -0.2) is 24.1 Å². The Bertz CT molecular complexity index is 264. The summed E-state index contributed by atoms with van der Waals surface area (Å²) in [6, 6.07) is 0. The Labute approximate surface area is 142 Å². The normalized spacial score (nSPS) is 16.7. The molecule has 1 heterocycles. The summed E-state index contributed by atoms with van der Waals surface area (Å²) < 4.78 is 4.64. The summed E-state index contributed by atoms with van der Waals surface area (Å²) >= 11 is 2.14. The van der Waals surface area contributed by atoms with Crippen molar-refractivity contribution in [2.45, 2.75) is 102 Å². The van der Waals surface area contributed by atoms with Crippen LogP contribution >= 0.6 is 11.8 Å². The molecule has 0 bridgehead atoms. The minimum atomic E-state index is -0.0635. The van der Waals surface area contributed by atoms with Crippen molar-refractivity contribution in [1.82, 2.24) is 0 Å². The molecule has 1 fully saturated rings. The Kier molecular flexibility index (Phi) is 13.0. The van der Waals surface area contributed by atoms with E-state index in [9.17, 15) is 4.79 Å². The molecule has 1 aliphatic heterocycles. The number of esters is 1. The standard InChI is InChI=1S/C19H36O2S/c1-21-19(20)16-14-12-10-8-6-4-2-3-5-7-9-11-13-15-18-17-22-18/h18H,2-17H2,1H3. The fraction of sp³-hybridized carbons (Fsp3) is 0.947. The molecule has 0 aliphatic carbocycles. The molecule has 0 aromatic carbocycles. The second-order valence-corrected chi connectivity index (χ2v) is 8.00. The topological polar surface area (TPSA) is 26.3 Å². The minimum absolute atomic E-state index is 0.0635. The van der Waals surface area contributed by atoms with Gasteiger partial charge in [-0.15, -0.1) is 0 Å². The highest BCUT2D eigenvalue weighted by Gasteiger charge is 2.20. The molecule has 0 saturated carbocycles. The van der Waals surface area contributed by atoms with Crippen molar-refractivity contribution in [3.63, 3.8) is 0 Å². The molecular formula is C19H36O2S. The highest BCUT2D eigenvalue weighted by atomic mass is 32.2. The van der Waals surface area contributed by atoms with Gasteiger partial charge in [0.2, 0.25) is 0 Å². The number of hydrogen-bond donors (Lipinski definition) is 0. The molecule has 1 rings (SSSR count). The van der Waals surface area contributed by atoms with Crippen LogP contribution in [-0.2, 0) is 9.53 Å². The molecule has 0 radical (unpaired) electrons. The van der Waals surface area contributed by atoms with E-state index in [0.29, 0.717) is 6.42 Å². The summed E-state index contributed by atoms with van der Waals surface area (Å²) in [5.74, 6) is 1.37. The van der Waals surface area contributed by atoms with Gasteiger partial charge in [-0.05, 0) is 12.8 Å². The van der Waals surface area contributed by atoms with Crippen LogP contribution in [0.2, 0.25) is 0 Å². The number of carbonyl (C=O) groups is 1. The van der Waals surface area contributed by atoms with E-state index < -0.39 is 0 Å². The van der Waals surface area contributed by atoms with Gasteiger partial charge in [0.25, 0.3) is 0 Å². The third-order valence-electron chi connectivity index (χ3n) is 4.54. The number of hydrogen-bond acceptors (Lipinski definition) is 3. The number of rotatable bonds is 16. The van der Waals surface area contributed by atoms with Crippen LogP contribution in [0.4, 0.5) is 0 Å². The summed E-state index contributed by atoms with van der Waals surface area (Å²) in [6.45, 7) is 0. The Morgan fingerprint density at radius 3 is 1.64 bits per heavy atom. The van der Waals surface area contributed by atoms with Crippen LogP contribution in [0.15, 0.2) is 0 Å². The highest BCUT2D eigenvalue weighted by Crippen LogP contribution is 2.34. The molecule has 0 spiro atoms. The van der Waals surface area contributed by atoms with Gasteiger partial charge in [-0.1, -0.05) is 77.0 Å². The van der Waals surface area contributed by atoms with Gasteiger partial charge in [0.05, 0.1) is 7.11 Å². The van der Waals surface area contributed by atoms with Gasteiger partial charge in [0, 0.05) is 17.4 Å². The van der Waals surface area contributed by atoms with Gasteiger partial charge in [0.1, 0.15) is 0 Å². The predicted octanol–water partition coefficient (Wildman–Crippen LogP) is 6.13. The van der Waals surface area contributed by atoms with Gasteiger partial charge in [0.15, 0.2) is 0 Å². The maximum Gasteiger partial charge on any atom is 0.305 e. The van der Waals surface area contributed by atoms with Gasteiger partial charge < -0.3 is 4.74 Å². The van der Waals surface area contributed by atoms with Crippen molar-refractivity contribution in [2.75, 3.05) is 12.9 Å². The molecule has 3 heteroatoms. The van der Waals surface area contributed by atoms with Crippen molar-refractivity contribution >= 4 is 17.7 Å². The number of thioether (sulfide) groups is 1. The molecule has 1 atom stereocenters. The third kappa shape index (κ3) is 13.5. The molecule has 2 nitrogen and oxygen atoms in total. The third-order valence-corrected chi connectivity index (χ3v) is 5.58. The van der Waals surface area contributed by atoms with E-state index in [1.165, 1.54) is 96.3 Å². The summed E-state index contributed by atoms with van der Waals surface area (Å²) in [4.78, 5) is 10.9. The lowest BCUT2D eigenvalue weighted by atomic mass is 10.0. The van der Waals surface area contributed by atoms with Crippen molar-refractivity contribution in [1.29, 1.82) is 0 Å². The molecule has 22 heavy (non-hydrogen) atoms. The first-order valence-electron chi connectivity index (χ1n) is 9.51. The zero-order valence-corrected chi connectivity index (χ0v) is 15.4. The first-order valence-corrected chi connectivity index (χ1v) is 10.6. The number of ether oxygens (including phenoxy) is 1. The largest absolute Gasteiger partial charge is 0.469 e. The lowest BCUT2D eigenvalue weighted by molar-refractivity contribution is -0.140. The van der Waals surface area contributed by atoms with E-state index in [0.717, 1.165) is 11.7 Å². The minimum Gasteiger partial charge on any atom is -0.469 e. The Hall–Kier alpha value is -0.180. The van der Waals surface area contributed by atoms with E-state index in [4.69, 9.17) is 0 Å². The molecule has 1 aliphatic rings. The molecule has 0 aromatic rings. The maximum atomic E-state index is 10.9. The van der Waals surface area contributed by atoms with Crippen molar-refractivity contribution in [3.8, 4) is 0 Å². The zero-order valence-electron chi connectivity index (χ0n) is 14.6. The van der Waals surface area contributed by atoms with Crippen LogP contribution in [0, 0.1) is 0 Å². The predicted molar refractivity (Wildman–Crippen MR) is 97.5 cm³/mol. The molecule has 1 unspecified atom stereocenters. The highest BCUT2D eigenvalue weighted by molar-refractivity contribution is 8.06. The molecule has 130 valence electrons. The maximum absolute atomic E-state index is 10.9. The molecule has 0 aromatic heterocycles. The van der Waals surface area contributed by atoms with Crippen LogP contribution in [0.1, 0.15) is 96.3 Å². The average Bonchev–Trinajstić information content (AvgIpc) is 3.35. The van der Waals surface area contributed by atoms with E-state index in [1.54, 1.807) is 0 Å². The Morgan fingerprint density at radius 1 is 0.818 bits per heavy atom. The van der Waals surface area contributed by atoms with Crippen LogP contribution in [0.3, 0.4) is 0 Å². The van der Waals surface area contributed by atoms with Crippen molar-refractivity contribution < 1.29 is 9.53 Å². The monoisotopic (exact) mass is 328 g/mol. The smallest absolute Gasteiger partial charge is 0.305 e. The van der Waals surface area contributed by atoms with Gasteiger partial charge >= 0.3 is 5.97 Å². The Morgan fingerprint density at radius 2 is 1.23 bits per heavy atom. The first-order chi connectivity index (χ1) is 10.8. The fourth-order valence-corrected chi connectivity index (χ4v) is 3.56. The summed E-state index contributed by atoms with van der Waals surface area (Å²) in [5.41, 5.74) is 0. The fourth-order valence-electron chi connectivity index (χ4n) is 2.92. The second kappa shape index (κ2) is 14.4. The van der Waals surface area contributed by atoms with E-state index in [1.807, 2.05) is 0 Å². The lowest BCUT2D eigenvalue weighted by Gasteiger charge is -2.03. The van der Waals surface area contributed by atoms with Crippen LogP contribution in [0.5, 0.6) is 0 Å². The van der Waals surface area contributed by atoms with Gasteiger partial charge in [-0.2, -0.15) is 11.8 Å². The number of carbonyl (C=O) groups excluding carboxylic acids is 1. The van der Waals surface area contributed by atoms with Crippen LogP contribution < -0.4 is 0 Å². The summed E-state index contributed by atoms with van der Waals surface area (Å²) in [5, 5.41) is 1.04. The van der Waals surface area contributed by atoms with Crippen molar-refractivity contribution in [3.05, 3.63) is 0 Å². The summed E-state index contributed by atoms with van der Waals surface area (Å²) in [6.07, 6.45) is 19.7. The lowest BCUT2D eigenvalue weighted by Crippen LogP contribution is -1.99. The molecule has 0 N–H and O–H groups in total. The molecule has 1 saturated heterocycles. The van der Waals surface area contributed by atoms with E-state index in [-0.39, 0.29) is 5.97 Å². The quantitative estimate of drug-likeness (QED) is 0.194. The average molecular weight is 329 g/mol. The number of methoxy groups -OCH3 is 1. The van der Waals surface area contributed by atoms with E-state index >= 15 is 0 Å². The molecular weight excluding hydrogens is 292 g/mol.